The normalized spacial score (nSPS) is 10.4. The first-order chi connectivity index (χ1) is 17.6. The summed E-state index contributed by atoms with van der Waals surface area (Å²) in [6.07, 6.45) is 6.49. The number of carbonyl (C=O) groups excluding carboxylic acids is 2. The van der Waals surface area contributed by atoms with Crippen LogP contribution in [0.25, 0.3) is 11.3 Å². The van der Waals surface area contributed by atoms with Gasteiger partial charge in [-0.15, -0.1) is 0 Å². The molecule has 0 saturated heterocycles. The maximum absolute atomic E-state index is 12.5. The van der Waals surface area contributed by atoms with Crippen molar-refractivity contribution in [3.8, 4) is 28.5 Å². The van der Waals surface area contributed by atoms with Gasteiger partial charge in [-0.05, 0) is 93.3 Å². The van der Waals surface area contributed by atoms with E-state index in [9.17, 15) is 9.59 Å². The Morgan fingerprint density at radius 1 is 0.806 bits per heavy atom. The molecule has 0 N–H and O–H groups in total. The van der Waals surface area contributed by atoms with Crippen molar-refractivity contribution in [3.05, 3.63) is 85.1 Å². The lowest BCUT2D eigenvalue weighted by molar-refractivity contribution is -0.137. The topological polar surface area (TPSA) is 84.0 Å². The first kappa shape index (κ1) is 26.5. The number of benzene rings is 2. The highest BCUT2D eigenvalue weighted by Gasteiger charge is 2.10. The smallest absolute Gasteiger partial charge is 0.343 e. The van der Waals surface area contributed by atoms with Gasteiger partial charge in [0, 0.05) is 11.6 Å². The molecule has 0 aliphatic rings. The van der Waals surface area contributed by atoms with Crippen LogP contribution in [-0.2, 0) is 9.53 Å². The second kappa shape index (κ2) is 14.3. The quantitative estimate of drug-likeness (QED) is 0.118. The van der Waals surface area contributed by atoms with Crippen LogP contribution in [-0.4, -0.2) is 36.7 Å². The molecule has 1 aromatic heterocycles. The van der Waals surface area contributed by atoms with Crippen LogP contribution in [0.1, 0.15) is 43.0 Å². The monoisotopic (exact) mass is 489 g/mol. The zero-order valence-electron chi connectivity index (χ0n) is 20.5. The van der Waals surface area contributed by atoms with Crippen molar-refractivity contribution in [2.24, 2.45) is 0 Å². The number of hydrogen-bond acceptors (Lipinski definition) is 7. The summed E-state index contributed by atoms with van der Waals surface area (Å²) in [7, 11) is 0. The molecule has 3 aromatic rings. The van der Waals surface area contributed by atoms with E-state index >= 15 is 0 Å². The standard InChI is InChI=1S/C29H31NO6/c1-3-28(31)35-20-8-6-5-7-19-34-24-13-11-23(12-14-24)29(32)36-25-15-9-22(10-16-25)27-18-17-26(21-30-27)33-4-2/h3,9-18,21H,1,4-8,19-20H2,2H3. The number of ether oxygens (including phenoxy) is 4. The van der Waals surface area contributed by atoms with Crippen molar-refractivity contribution in [2.45, 2.75) is 32.6 Å². The lowest BCUT2D eigenvalue weighted by Gasteiger charge is -2.08. The average Bonchev–Trinajstić information content (AvgIpc) is 2.91. The SMILES string of the molecule is C=CC(=O)OCCCCCCOc1ccc(C(=O)Oc2ccc(-c3ccc(OCC)cn3)cc2)cc1. The molecule has 0 saturated carbocycles. The highest BCUT2D eigenvalue weighted by Crippen LogP contribution is 2.23. The molecule has 0 atom stereocenters. The molecule has 0 aliphatic carbocycles. The molecule has 0 amide bonds. The number of nitrogens with zero attached hydrogens (tertiary/aromatic N) is 1. The lowest BCUT2D eigenvalue weighted by Crippen LogP contribution is -2.08. The van der Waals surface area contributed by atoms with E-state index in [-0.39, 0.29) is 5.97 Å². The summed E-state index contributed by atoms with van der Waals surface area (Å²) in [6, 6.07) is 17.8. The van der Waals surface area contributed by atoms with Gasteiger partial charge in [0.2, 0.25) is 0 Å². The minimum atomic E-state index is -0.439. The van der Waals surface area contributed by atoms with Crippen molar-refractivity contribution in [2.75, 3.05) is 19.8 Å². The zero-order valence-corrected chi connectivity index (χ0v) is 20.5. The van der Waals surface area contributed by atoms with Crippen LogP contribution in [0.15, 0.2) is 79.5 Å². The Morgan fingerprint density at radius 3 is 2.11 bits per heavy atom. The number of unbranched alkanes of at least 4 members (excludes halogenated alkanes) is 3. The van der Waals surface area contributed by atoms with Crippen LogP contribution in [0.5, 0.6) is 17.2 Å². The Balaban J connectivity index is 1.39. The highest BCUT2D eigenvalue weighted by molar-refractivity contribution is 5.91. The summed E-state index contributed by atoms with van der Waals surface area (Å²) >= 11 is 0. The van der Waals surface area contributed by atoms with Crippen LogP contribution in [0.2, 0.25) is 0 Å². The molecule has 0 aliphatic heterocycles. The van der Waals surface area contributed by atoms with Gasteiger partial charge in [0.1, 0.15) is 17.2 Å². The van der Waals surface area contributed by atoms with Gasteiger partial charge in [-0.25, -0.2) is 9.59 Å². The summed E-state index contributed by atoms with van der Waals surface area (Å²) < 4.78 is 21.6. The van der Waals surface area contributed by atoms with Gasteiger partial charge in [0.15, 0.2) is 0 Å². The third kappa shape index (κ3) is 8.58. The van der Waals surface area contributed by atoms with Crippen LogP contribution >= 0.6 is 0 Å². The van der Waals surface area contributed by atoms with Crippen LogP contribution in [0.3, 0.4) is 0 Å². The van der Waals surface area contributed by atoms with Gasteiger partial charge in [0.05, 0.1) is 37.3 Å². The summed E-state index contributed by atoms with van der Waals surface area (Å²) in [4.78, 5) is 27.9. The minimum Gasteiger partial charge on any atom is -0.494 e. The summed E-state index contributed by atoms with van der Waals surface area (Å²) in [5.74, 6) is 1.05. The molecule has 0 radical (unpaired) electrons. The molecule has 36 heavy (non-hydrogen) atoms. The Hall–Kier alpha value is -4.13. The van der Waals surface area contributed by atoms with E-state index in [1.807, 2.05) is 31.2 Å². The van der Waals surface area contributed by atoms with Gasteiger partial charge < -0.3 is 18.9 Å². The Labute approximate surface area is 211 Å². The molecule has 7 heteroatoms. The van der Waals surface area contributed by atoms with Crippen molar-refractivity contribution in [1.82, 2.24) is 4.98 Å². The first-order valence-corrected chi connectivity index (χ1v) is 12.0. The van der Waals surface area contributed by atoms with Gasteiger partial charge in [-0.1, -0.05) is 6.58 Å². The molecule has 2 aromatic carbocycles. The maximum atomic E-state index is 12.5. The third-order valence-corrected chi connectivity index (χ3v) is 5.22. The average molecular weight is 490 g/mol. The van der Waals surface area contributed by atoms with E-state index in [0.29, 0.717) is 36.9 Å². The predicted molar refractivity (Wildman–Crippen MR) is 137 cm³/mol. The first-order valence-electron chi connectivity index (χ1n) is 12.0. The molecular formula is C29H31NO6. The second-order valence-corrected chi connectivity index (χ2v) is 7.88. The van der Waals surface area contributed by atoms with E-state index in [0.717, 1.165) is 42.7 Å². The number of esters is 2. The lowest BCUT2D eigenvalue weighted by atomic mass is 10.1. The van der Waals surface area contributed by atoms with E-state index in [2.05, 4.69) is 11.6 Å². The molecular weight excluding hydrogens is 458 g/mol. The van der Waals surface area contributed by atoms with Gasteiger partial charge in [-0.3, -0.25) is 4.98 Å². The third-order valence-electron chi connectivity index (χ3n) is 5.22. The van der Waals surface area contributed by atoms with Crippen LogP contribution in [0.4, 0.5) is 0 Å². The molecule has 3 rings (SSSR count). The van der Waals surface area contributed by atoms with Crippen molar-refractivity contribution in [1.29, 1.82) is 0 Å². The molecule has 0 spiro atoms. The van der Waals surface area contributed by atoms with Crippen LogP contribution in [0, 0.1) is 0 Å². The predicted octanol–water partition coefficient (Wildman–Crippen LogP) is 6.03. The van der Waals surface area contributed by atoms with E-state index in [4.69, 9.17) is 18.9 Å². The van der Waals surface area contributed by atoms with E-state index in [1.165, 1.54) is 6.08 Å². The minimum absolute atomic E-state index is 0.388. The number of aromatic nitrogens is 1. The van der Waals surface area contributed by atoms with E-state index in [1.54, 1.807) is 42.6 Å². The van der Waals surface area contributed by atoms with E-state index < -0.39 is 5.97 Å². The van der Waals surface area contributed by atoms with Crippen molar-refractivity contribution in [3.63, 3.8) is 0 Å². The number of pyridine rings is 1. The van der Waals surface area contributed by atoms with Gasteiger partial charge >= 0.3 is 11.9 Å². The number of carbonyl (C=O) groups is 2. The molecule has 188 valence electrons. The molecule has 1 heterocycles. The fourth-order valence-electron chi connectivity index (χ4n) is 3.33. The number of hydrogen-bond donors (Lipinski definition) is 0. The van der Waals surface area contributed by atoms with Gasteiger partial charge in [0.25, 0.3) is 0 Å². The maximum Gasteiger partial charge on any atom is 0.343 e. The van der Waals surface area contributed by atoms with Crippen molar-refractivity contribution < 1.29 is 28.5 Å². The molecule has 0 fully saturated rings. The largest absolute Gasteiger partial charge is 0.494 e. The zero-order chi connectivity index (χ0) is 25.6. The Bertz CT molecular complexity index is 1110. The van der Waals surface area contributed by atoms with Gasteiger partial charge in [-0.2, -0.15) is 0 Å². The summed E-state index contributed by atoms with van der Waals surface area (Å²) in [5.41, 5.74) is 2.16. The Morgan fingerprint density at radius 2 is 1.47 bits per heavy atom. The summed E-state index contributed by atoms with van der Waals surface area (Å²) in [6.45, 7) is 6.86. The molecule has 0 unspecified atom stereocenters. The fraction of sp³-hybridized carbons (Fsp3) is 0.276. The number of rotatable bonds is 14. The summed E-state index contributed by atoms with van der Waals surface area (Å²) in [5, 5.41) is 0. The van der Waals surface area contributed by atoms with Crippen LogP contribution < -0.4 is 14.2 Å². The molecule has 7 nitrogen and oxygen atoms in total. The molecule has 0 bridgehead atoms. The highest BCUT2D eigenvalue weighted by atomic mass is 16.5. The Kier molecular flexibility index (Phi) is 10.5. The fourth-order valence-corrected chi connectivity index (χ4v) is 3.33. The second-order valence-electron chi connectivity index (χ2n) is 7.88. The van der Waals surface area contributed by atoms with Crippen molar-refractivity contribution >= 4 is 11.9 Å².